The molecule has 2 aromatic rings. The fraction of sp³-hybridized carbons (Fsp3) is 0.182. The fourth-order valence-corrected chi connectivity index (χ4v) is 1.93. The molecule has 16 heavy (non-hydrogen) atoms. The molecule has 1 aromatic heterocycles. The molecule has 0 amide bonds. The van der Waals surface area contributed by atoms with Crippen LogP contribution in [0.4, 0.5) is 0 Å². The van der Waals surface area contributed by atoms with Crippen molar-refractivity contribution in [3.63, 3.8) is 0 Å². The van der Waals surface area contributed by atoms with E-state index in [4.69, 9.17) is 16.7 Å². The molecule has 0 unspecified atom stereocenters. The molecule has 1 heterocycles. The Balaban J connectivity index is 2.46. The predicted octanol–water partition coefficient (Wildman–Crippen LogP) is 3.09. The first-order valence-electron chi connectivity index (χ1n) is 4.73. The number of halogens is 2. The third-order valence-corrected chi connectivity index (χ3v) is 3.38. The van der Waals surface area contributed by atoms with Gasteiger partial charge >= 0.3 is 0 Å². The topological polar surface area (TPSA) is 38.0 Å². The van der Waals surface area contributed by atoms with Crippen molar-refractivity contribution >= 4 is 27.5 Å². The quantitative estimate of drug-likeness (QED) is 0.925. The molecule has 0 atom stereocenters. The second kappa shape index (κ2) is 4.57. The van der Waals surface area contributed by atoms with E-state index in [1.54, 1.807) is 10.9 Å². The van der Waals surface area contributed by atoms with Crippen molar-refractivity contribution in [3.8, 4) is 5.69 Å². The van der Waals surface area contributed by atoms with E-state index in [1.807, 2.05) is 25.1 Å². The van der Waals surface area contributed by atoms with Crippen LogP contribution in [0.15, 0.2) is 28.9 Å². The first-order chi connectivity index (χ1) is 7.61. The molecule has 0 aliphatic rings. The van der Waals surface area contributed by atoms with Crippen LogP contribution in [-0.2, 0) is 6.61 Å². The highest BCUT2D eigenvalue weighted by Crippen LogP contribution is 2.22. The van der Waals surface area contributed by atoms with E-state index in [0.717, 1.165) is 15.7 Å². The van der Waals surface area contributed by atoms with Gasteiger partial charge in [0, 0.05) is 11.2 Å². The first kappa shape index (κ1) is 11.6. The number of hydrogen-bond acceptors (Lipinski definition) is 2. The molecule has 3 nitrogen and oxygen atoms in total. The largest absolute Gasteiger partial charge is 0.390 e. The third kappa shape index (κ3) is 2.14. The van der Waals surface area contributed by atoms with Crippen LogP contribution in [-0.4, -0.2) is 14.9 Å². The van der Waals surface area contributed by atoms with Crippen LogP contribution in [0, 0.1) is 6.92 Å². The molecule has 0 aliphatic carbocycles. The number of aliphatic hydroxyl groups is 1. The number of aliphatic hydroxyl groups excluding tert-OH is 1. The summed E-state index contributed by atoms with van der Waals surface area (Å²) >= 11 is 9.37. The number of rotatable bonds is 2. The Labute approximate surface area is 107 Å². The molecule has 1 N–H and O–H groups in total. The van der Waals surface area contributed by atoms with E-state index in [1.165, 1.54) is 0 Å². The van der Waals surface area contributed by atoms with Gasteiger partial charge in [-0.3, -0.25) is 0 Å². The maximum atomic E-state index is 9.05. The molecule has 1 aromatic carbocycles. The van der Waals surface area contributed by atoms with Crippen LogP contribution in [0.3, 0.4) is 0 Å². The van der Waals surface area contributed by atoms with Gasteiger partial charge in [-0.2, -0.15) is 5.10 Å². The molecular weight excluding hydrogens is 291 g/mol. The third-order valence-electron chi connectivity index (χ3n) is 2.31. The zero-order valence-electron chi connectivity index (χ0n) is 8.61. The molecule has 0 saturated heterocycles. The molecule has 2 rings (SSSR count). The van der Waals surface area contributed by atoms with Crippen LogP contribution in [0.25, 0.3) is 5.69 Å². The summed E-state index contributed by atoms with van der Waals surface area (Å²) in [5.41, 5.74) is 2.51. The summed E-state index contributed by atoms with van der Waals surface area (Å²) in [6.45, 7) is 1.86. The Morgan fingerprint density at radius 2 is 2.25 bits per heavy atom. The zero-order chi connectivity index (χ0) is 11.7. The minimum absolute atomic E-state index is 0.0901. The van der Waals surface area contributed by atoms with Crippen molar-refractivity contribution in [2.75, 3.05) is 0 Å². The smallest absolute Gasteiger partial charge is 0.102 e. The van der Waals surface area contributed by atoms with Gasteiger partial charge in [-0.25, -0.2) is 4.68 Å². The van der Waals surface area contributed by atoms with Gasteiger partial charge < -0.3 is 5.11 Å². The Bertz CT molecular complexity index is 525. The van der Waals surface area contributed by atoms with Gasteiger partial charge in [0.1, 0.15) is 5.69 Å². The molecule has 0 spiro atoms. The monoisotopic (exact) mass is 300 g/mol. The van der Waals surface area contributed by atoms with Crippen LogP contribution < -0.4 is 0 Å². The van der Waals surface area contributed by atoms with Gasteiger partial charge in [0.15, 0.2) is 0 Å². The number of benzene rings is 1. The Morgan fingerprint density at radius 1 is 1.50 bits per heavy atom. The lowest BCUT2D eigenvalue weighted by Crippen LogP contribution is -1.96. The van der Waals surface area contributed by atoms with Crippen LogP contribution >= 0.6 is 27.5 Å². The van der Waals surface area contributed by atoms with Gasteiger partial charge in [-0.15, -0.1) is 0 Å². The molecule has 0 radical (unpaired) electrons. The van der Waals surface area contributed by atoms with Crippen LogP contribution in [0.5, 0.6) is 0 Å². The Hall–Kier alpha value is -0.840. The molecular formula is C11H10BrClN2O. The second-order valence-corrected chi connectivity index (χ2v) is 4.72. The maximum Gasteiger partial charge on any atom is 0.102 e. The zero-order valence-corrected chi connectivity index (χ0v) is 11.0. The van der Waals surface area contributed by atoms with E-state index >= 15 is 0 Å². The predicted molar refractivity (Wildman–Crippen MR) is 66.9 cm³/mol. The van der Waals surface area contributed by atoms with Crippen molar-refractivity contribution in [1.29, 1.82) is 0 Å². The standard InChI is InChI=1S/C11H10BrClN2O/c1-7-2-3-8(4-10(7)13)15-5-9(12)11(6-16)14-15/h2-5,16H,6H2,1H3. The number of nitrogens with zero attached hydrogens (tertiary/aromatic N) is 2. The van der Waals surface area contributed by atoms with Gasteiger partial charge in [0.2, 0.25) is 0 Å². The van der Waals surface area contributed by atoms with Crippen molar-refractivity contribution in [2.24, 2.45) is 0 Å². The van der Waals surface area contributed by atoms with E-state index in [2.05, 4.69) is 21.0 Å². The molecule has 5 heteroatoms. The molecule has 84 valence electrons. The SMILES string of the molecule is Cc1ccc(-n2cc(Br)c(CO)n2)cc1Cl. The maximum absolute atomic E-state index is 9.05. The Morgan fingerprint density at radius 3 is 2.81 bits per heavy atom. The Kier molecular flexibility index (Phi) is 3.33. The molecule has 0 aliphatic heterocycles. The summed E-state index contributed by atoms with van der Waals surface area (Å²) in [5.74, 6) is 0. The highest BCUT2D eigenvalue weighted by molar-refractivity contribution is 9.10. The summed E-state index contributed by atoms with van der Waals surface area (Å²) in [5, 5.41) is 14.0. The summed E-state index contributed by atoms with van der Waals surface area (Å²) in [6.07, 6.45) is 1.80. The lowest BCUT2D eigenvalue weighted by Gasteiger charge is -2.03. The molecule has 0 saturated carbocycles. The number of aromatic nitrogens is 2. The summed E-state index contributed by atoms with van der Waals surface area (Å²) in [7, 11) is 0. The lowest BCUT2D eigenvalue weighted by atomic mass is 10.2. The second-order valence-electron chi connectivity index (χ2n) is 3.46. The highest BCUT2D eigenvalue weighted by Gasteiger charge is 2.07. The highest BCUT2D eigenvalue weighted by atomic mass is 79.9. The van der Waals surface area contributed by atoms with Gasteiger partial charge in [-0.1, -0.05) is 17.7 Å². The number of aryl methyl sites for hydroxylation is 1. The molecule has 0 fully saturated rings. The van der Waals surface area contributed by atoms with E-state index in [-0.39, 0.29) is 6.61 Å². The van der Waals surface area contributed by atoms with Crippen molar-refractivity contribution < 1.29 is 5.11 Å². The summed E-state index contributed by atoms with van der Waals surface area (Å²) in [6, 6.07) is 5.71. The average Bonchev–Trinajstić information content (AvgIpc) is 2.64. The number of hydrogen-bond donors (Lipinski definition) is 1. The van der Waals surface area contributed by atoms with Crippen molar-refractivity contribution in [2.45, 2.75) is 13.5 Å². The fourth-order valence-electron chi connectivity index (χ4n) is 1.35. The minimum atomic E-state index is -0.0901. The van der Waals surface area contributed by atoms with Gasteiger partial charge in [-0.05, 0) is 40.5 Å². The van der Waals surface area contributed by atoms with Gasteiger partial charge in [0.05, 0.1) is 16.8 Å². The van der Waals surface area contributed by atoms with Crippen LogP contribution in [0.2, 0.25) is 5.02 Å². The van der Waals surface area contributed by atoms with E-state index in [0.29, 0.717) is 10.7 Å². The normalized spacial score (nSPS) is 10.8. The summed E-state index contributed by atoms with van der Waals surface area (Å²) < 4.78 is 2.47. The average molecular weight is 302 g/mol. The van der Waals surface area contributed by atoms with Crippen LogP contribution in [0.1, 0.15) is 11.3 Å². The van der Waals surface area contributed by atoms with E-state index < -0.39 is 0 Å². The summed E-state index contributed by atoms with van der Waals surface area (Å²) in [4.78, 5) is 0. The first-order valence-corrected chi connectivity index (χ1v) is 5.90. The van der Waals surface area contributed by atoms with Crippen molar-refractivity contribution in [1.82, 2.24) is 9.78 Å². The van der Waals surface area contributed by atoms with E-state index in [9.17, 15) is 0 Å². The lowest BCUT2D eigenvalue weighted by molar-refractivity contribution is 0.275. The van der Waals surface area contributed by atoms with Gasteiger partial charge in [0.25, 0.3) is 0 Å². The minimum Gasteiger partial charge on any atom is -0.390 e. The van der Waals surface area contributed by atoms with Crippen molar-refractivity contribution in [3.05, 3.63) is 45.1 Å². The molecule has 0 bridgehead atoms.